The number of aliphatic carboxylic acids is 1. The van der Waals surface area contributed by atoms with Crippen molar-refractivity contribution in [1.29, 1.82) is 0 Å². The summed E-state index contributed by atoms with van der Waals surface area (Å²) in [5, 5.41) is 15.5. The molecule has 2 aromatic carbocycles. The predicted molar refractivity (Wildman–Crippen MR) is 136 cm³/mol. The number of nitrogens with zero attached hydrogens (tertiary/aromatic N) is 1. The van der Waals surface area contributed by atoms with Gasteiger partial charge in [-0.1, -0.05) is 30.3 Å². The Hall–Kier alpha value is -4.67. The van der Waals surface area contributed by atoms with Gasteiger partial charge in [-0.2, -0.15) is 0 Å². The standard InChI is InChI=1S/C25H28N6O5/c26-25(27)28-12-4-3-7-21(33)29-16-10-8-15(9-11-16)13-20(24(35)36)31-23(34)22-18(14-32)17-5-1-2-6-19(17)30-22/h1-2,5-6,8-11,14,20,30H,3-4,7,12-13H2,(H,29,33)(H,31,34)(H,35,36)(H4,26,27,28). The number of guanidine groups is 1. The van der Waals surface area contributed by atoms with Crippen LogP contribution in [-0.4, -0.2) is 52.7 Å². The quantitative estimate of drug-likeness (QED) is 0.0959. The van der Waals surface area contributed by atoms with Crippen LogP contribution in [0.3, 0.4) is 0 Å². The van der Waals surface area contributed by atoms with E-state index in [1.807, 2.05) is 0 Å². The van der Waals surface area contributed by atoms with E-state index < -0.39 is 17.9 Å². The number of H-pyrrole nitrogens is 1. The van der Waals surface area contributed by atoms with Crippen LogP contribution in [0.1, 0.15) is 45.7 Å². The lowest BCUT2D eigenvalue weighted by Crippen LogP contribution is -2.42. The van der Waals surface area contributed by atoms with Gasteiger partial charge in [0.2, 0.25) is 5.91 Å². The van der Waals surface area contributed by atoms with Gasteiger partial charge in [0.1, 0.15) is 11.7 Å². The van der Waals surface area contributed by atoms with Crippen LogP contribution in [-0.2, 0) is 16.0 Å². The number of rotatable bonds is 12. The number of aldehydes is 1. The maximum absolute atomic E-state index is 12.8. The van der Waals surface area contributed by atoms with Crippen molar-refractivity contribution < 1.29 is 24.3 Å². The number of carboxylic acid groups (broad SMARTS) is 1. The van der Waals surface area contributed by atoms with Gasteiger partial charge >= 0.3 is 5.97 Å². The van der Waals surface area contributed by atoms with Crippen LogP contribution in [0.25, 0.3) is 10.9 Å². The SMILES string of the molecule is NC(N)=NCCCCC(=O)Nc1ccc(CC(NC(=O)c2[nH]c3ccccc3c2C=O)C(=O)O)cc1. The molecule has 188 valence electrons. The Kier molecular flexibility index (Phi) is 8.76. The van der Waals surface area contributed by atoms with Gasteiger partial charge in [0.05, 0.1) is 5.56 Å². The summed E-state index contributed by atoms with van der Waals surface area (Å²) in [5.41, 5.74) is 12.5. The third kappa shape index (κ3) is 6.92. The first kappa shape index (κ1) is 25.9. The summed E-state index contributed by atoms with van der Waals surface area (Å²) in [6, 6.07) is 12.4. The number of aromatic nitrogens is 1. The summed E-state index contributed by atoms with van der Waals surface area (Å²) in [4.78, 5) is 55.0. The number of anilines is 1. The zero-order valence-electron chi connectivity index (χ0n) is 19.5. The molecule has 0 aliphatic rings. The highest BCUT2D eigenvalue weighted by molar-refractivity contribution is 6.10. The highest BCUT2D eigenvalue weighted by Crippen LogP contribution is 2.21. The van der Waals surface area contributed by atoms with Crippen molar-refractivity contribution in [3.8, 4) is 0 Å². The Bertz CT molecular complexity index is 1280. The average molecular weight is 493 g/mol. The summed E-state index contributed by atoms with van der Waals surface area (Å²) < 4.78 is 0. The number of carbonyl (C=O) groups excluding carboxylic acids is 3. The third-order valence-corrected chi connectivity index (χ3v) is 5.48. The molecule has 11 heteroatoms. The van der Waals surface area contributed by atoms with Crippen LogP contribution in [0.5, 0.6) is 0 Å². The Morgan fingerprint density at radius 1 is 1.06 bits per heavy atom. The lowest BCUT2D eigenvalue weighted by Gasteiger charge is -2.15. The van der Waals surface area contributed by atoms with Gasteiger partial charge in [-0.25, -0.2) is 4.79 Å². The number of amides is 2. The molecule has 0 saturated heterocycles. The fraction of sp³-hybridized carbons (Fsp3) is 0.240. The van der Waals surface area contributed by atoms with Crippen LogP contribution >= 0.6 is 0 Å². The number of unbranched alkanes of at least 4 members (excludes halogenated alkanes) is 1. The smallest absolute Gasteiger partial charge is 0.326 e. The molecule has 0 bridgehead atoms. The number of hydrogen-bond donors (Lipinski definition) is 6. The molecule has 1 unspecified atom stereocenters. The molecule has 0 saturated carbocycles. The number of aliphatic imine (C=N–C) groups is 1. The van der Waals surface area contributed by atoms with Crippen LogP contribution in [0.4, 0.5) is 5.69 Å². The van der Waals surface area contributed by atoms with Crippen LogP contribution in [0, 0.1) is 0 Å². The molecule has 36 heavy (non-hydrogen) atoms. The lowest BCUT2D eigenvalue weighted by atomic mass is 10.0. The number of benzene rings is 2. The van der Waals surface area contributed by atoms with Gasteiger partial charge < -0.3 is 32.2 Å². The Labute approximate surface area is 207 Å². The molecule has 0 spiro atoms. The van der Waals surface area contributed by atoms with Gasteiger partial charge in [0, 0.05) is 36.0 Å². The number of para-hydroxylation sites is 1. The molecule has 0 radical (unpaired) electrons. The van der Waals surface area contributed by atoms with Crippen LogP contribution in [0.15, 0.2) is 53.5 Å². The molecule has 1 aromatic heterocycles. The minimum atomic E-state index is -1.23. The number of fused-ring (bicyclic) bond motifs is 1. The van der Waals surface area contributed by atoms with E-state index in [0.29, 0.717) is 54.2 Å². The van der Waals surface area contributed by atoms with Crippen molar-refractivity contribution in [2.75, 3.05) is 11.9 Å². The van der Waals surface area contributed by atoms with E-state index in [1.165, 1.54) is 0 Å². The molecule has 0 aliphatic heterocycles. The second kappa shape index (κ2) is 12.2. The second-order valence-electron chi connectivity index (χ2n) is 8.15. The highest BCUT2D eigenvalue weighted by atomic mass is 16.4. The van der Waals surface area contributed by atoms with Gasteiger partial charge in [-0.3, -0.25) is 19.4 Å². The van der Waals surface area contributed by atoms with Crippen LogP contribution in [0.2, 0.25) is 0 Å². The summed E-state index contributed by atoms with van der Waals surface area (Å²) in [5.74, 6) is -2.05. The molecule has 8 N–H and O–H groups in total. The Morgan fingerprint density at radius 2 is 1.78 bits per heavy atom. The monoisotopic (exact) mass is 492 g/mol. The van der Waals surface area contributed by atoms with Crippen molar-refractivity contribution in [3.63, 3.8) is 0 Å². The van der Waals surface area contributed by atoms with Crippen molar-refractivity contribution in [1.82, 2.24) is 10.3 Å². The molecule has 3 aromatic rings. The van der Waals surface area contributed by atoms with E-state index in [0.717, 1.165) is 0 Å². The number of nitrogens with two attached hydrogens (primary N) is 2. The largest absolute Gasteiger partial charge is 0.480 e. The minimum Gasteiger partial charge on any atom is -0.480 e. The first-order valence-electron chi connectivity index (χ1n) is 11.3. The fourth-order valence-electron chi connectivity index (χ4n) is 3.68. The maximum atomic E-state index is 12.8. The third-order valence-electron chi connectivity index (χ3n) is 5.48. The zero-order valence-corrected chi connectivity index (χ0v) is 19.5. The second-order valence-corrected chi connectivity index (χ2v) is 8.15. The van der Waals surface area contributed by atoms with E-state index in [2.05, 4.69) is 20.6 Å². The van der Waals surface area contributed by atoms with Crippen molar-refractivity contribution in [2.24, 2.45) is 16.5 Å². The van der Waals surface area contributed by atoms with E-state index >= 15 is 0 Å². The Morgan fingerprint density at radius 3 is 2.44 bits per heavy atom. The first-order valence-corrected chi connectivity index (χ1v) is 11.3. The summed E-state index contributed by atoms with van der Waals surface area (Å²) >= 11 is 0. The first-order chi connectivity index (χ1) is 17.3. The summed E-state index contributed by atoms with van der Waals surface area (Å²) in [6.07, 6.45) is 2.20. The molecule has 0 aliphatic carbocycles. The minimum absolute atomic E-state index is 0.00816. The zero-order chi connectivity index (χ0) is 26.1. The predicted octanol–water partition coefficient (Wildman–Crippen LogP) is 1.79. The fourth-order valence-corrected chi connectivity index (χ4v) is 3.68. The number of hydrogen-bond acceptors (Lipinski definition) is 5. The lowest BCUT2D eigenvalue weighted by molar-refractivity contribution is -0.139. The number of carboxylic acids is 1. The molecule has 0 fully saturated rings. The van der Waals surface area contributed by atoms with Gasteiger partial charge in [0.15, 0.2) is 12.2 Å². The molecule has 1 atom stereocenters. The number of aromatic amines is 1. The van der Waals surface area contributed by atoms with Crippen molar-refractivity contribution >= 4 is 46.6 Å². The Balaban J connectivity index is 1.58. The molecular weight excluding hydrogens is 464 g/mol. The van der Waals surface area contributed by atoms with Crippen molar-refractivity contribution in [3.05, 3.63) is 65.4 Å². The van der Waals surface area contributed by atoms with E-state index in [4.69, 9.17) is 11.5 Å². The topological polar surface area (TPSA) is 193 Å². The number of nitrogens with one attached hydrogen (secondary N) is 3. The molecule has 2 amide bonds. The normalized spacial score (nSPS) is 11.4. The highest BCUT2D eigenvalue weighted by Gasteiger charge is 2.24. The molecule has 3 rings (SSSR count). The maximum Gasteiger partial charge on any atom is 0.326 e. The van der Waals surface area contributed by atoms with E-state index in [9.17, 15) is 24.3 Å². The van der Waals surface area contributed by atoms with Crippen molar-refractivity contribution in [2.45, 2.75) is 31.7 Å². The van der Waals surface area contributed by atoms with E-state index in [1.54, 1.807) is 48.5 Å². The van der Waals surface area contributed by atoms with Gasteiger partial charge in [0.25, 0.3) is 5.91 Å². The van der Waals surface area contributed by atoms with Crippen LogP contribution < -0.4 is 22.1 Å². The molecular formula is C25H28N6O5. The number of carbonyl (C=O) groups is 4. The summed E-state index contributed by atoms with van der Waals surface area (Å²) in [7, 11) is 0. The van der Waals surface area contributed by atoms with E-state index in [-0.39, 0.29) is 29.5 Å². The molecule has 1 heterocycles. The summed E-state index contributed by atoms with van der Waals surface area (Å²) in [6.45, 7) is 0.461. The molecule has 11 nitrogen and oxygen atoms in total. The van der Waals surface area contributed by atoms with Gasteiger partial charge in [-0.05, 0) is 36.6 Å². The average Bonchev–Trinajstić information content (AvgIpc) is 3.23. The van der Waals surface area contributed by atoms with Gasteiger partial charge in [-0.15, -0.1) is 0 Å².